The summed E-state index contributed by atoms with van der Waals surface area (Å²) in [5.74, 6) is 0.944. The smallest absolute Gasteiger partial charge is 0.248 e. The fourth-order valence-electron chi connectivity index (χ4n) is 2.98. The number of amides is 1. The number of fused-ring (bicyclic) bond motifs is 1. The van der Waals surface area contributed by atoms with E-state index in [0.717, 1.165) is 27.7 Å². The summed E-state index contributed by atoms with van der Waals surface area (Å²) in [5.41, 5.74) is 9.22. The van der Waals surface area contributed by atoms with Crippen LogP contribution in [0, 0.1) is 6.92 Å². The van der Waals surface area contributed by atoms with Crippen LogP contribution >= 0.6 is 0 Å². The van der Waals surface area contributed by atoms with E-state index >= 15 is 0 Å². The quantitative estimate of drug-likeness (QED) is 0.501. The number of carbonyl (C=O) groups excluding carboxylic acids is 1. The molecule has 0 aliphatic heterocycles. The molecule has 29 heavy (non-hydrogen) atoms. The highest BCUT2D eigenvalue weighted by Crippen LogP contribution is 2.28. The lowest BCUT2D eigenvalue weighted by molar-refractivity contribution is 0.0999. The van der Waals surface area contributed by atoms with Gasteiger partial charge in [0.25, 0.3) is 0 Å². The number of nitrogens with two attached hydrogens (primary N) is 1. The molecular formula is C24H23N3O2. The second kappa shape index (κ2) is 8.97. The third-order valence-corrected chi connectivity index (χ3v) is 4.33. The van der Waals surface area contributed by atoms with Gasteiger partial charge in [0.1, 0.15) is 11.5 Å². The van der Waals surface area contributed by atoms with Crippen LogP contribution in [0.25, 0.3) is 22.2 Å². The topological polar surface area (TPSA) is 78.1 Å². The first-order valence-corrected chi connectivity index (χ1v) is 9.50. The molecule has 4 aromatic rings. The number of benzene rings is 2. The van der Waals surface area contributed by atoms with E-state index in [1.54, 1.807) is 24.5 Å². The van der Waals surface area contributed by atoms with Crippen LogP contribution in [0.15, 0.2) is 73.1 Å². The Kier molecular flexibility index (Phi) is 6.19. The molecule has 0 spiro atoms. The molecule has 0 fully saturated rings. The monoisotopic (exact) mass is 385 g/mol. The van der Waals surface area contributed by atoms with Gasteiger partial charge in [-0.25, -0.2) is 0 Å². The molecule has 5 heteroatoms. The minimum absolute atomic E-state index is 0.436. The summed E-state index contributed by atoms with van der Waals surface area (Å²) in [6.07, 6.45) is 3.45. The minimum Gasteiger partial charge on any atom is -0.457 e. The van der Waals surface area contributed by atoms with Crippen LogP contribution in [0.1, 0.15) is 29.8 Å². The molecule has 2 aromatic carbocycles. The van der Waals surface area contributed by atoms with Crippen molar-refractivity contribution in [2.45, 2.75) is 20.8 Å². The second-order valence-corrected chi connectivity index (χ2v) is 6.23. The van der Waals surface area contributed by atoms with Crippen LogP contribution < -0.4 is 10.5 Å². The normalized spacial score (nSPS) is 10.2. The molecule has 0 bridgehead atoms. The van der Waals surface area contributed by atoms with Crippen molar-refractivity contribution in [1.29, 1.82) is 0 Å². The molecule has 0 aliphatic carbocycles. The molecule has 146 valence electrons. The van der Waals surface area contributed by atoms with Gasteiger partial charge in [-0.3, -0.25) is 14.8 Å². The van der Waals surface area contributed by atoms with E-state index in [1.165, 1.54) is 0 Å². The molecular weight excluding hydrogens is 362 g/mol. The number of nitrogens with zero attached hydrogens (tertiary/aromatic N) is 2. The molecule has 0 atom stereocenters. The van der Waals surface area contributed by atoms with Crippen LogP contribution in [0.5, 0.6) is 11.5 Å². The molecule has 5 nitrogen and oxygen atoms in total. The number of hydrogen-bond acceptors (Lipinski definition) is 4. The van der Waals surface area contributed by atoms with E-state index < -0.39 is 5.91 Å². The van der Waals surface area contributed by atoms with Gasteiger partial charge in [-0.1, -0.05) is 26.0 Å². The molecule has 0 aliphatic rings. The summed E-state index contributed by atoms with van der Waals surface area (Å²) in [7, 11) is 0. The highest BCUT2D eigenvalue weighted by molar-refractivity contribution is 5.94. The van der Waals surface area contributed by atoms with Crippen LogP contribution in [-0.2, 0) is 0 Å². The number of primary amides is 1. The van der Waals surface area contributed by atoms with Crippen LogP contribution in [-0.4, -0.2) is 15.9 Å². The van der Waals surface area contributed by atoms with Crippen molar-refractivity contribution in [3.63, 3.8) is 0 Å². The summed E-state index contributed by atoms with van der Waals surface area (Å²) < 4.78 is 5.99. The zero-order chi connectivity index (χ0) is 20.8. The van der Waals surface area contributed by atoms with Crippen LogP contribution in [0.4, 0.5) is 0 Å². The second-order valence-electron chi connectivity index (χ2n) is 6.23. The number of ether oxygens (including phenoxy) is 1. The van der Waals surface area contributed by atoms with E-state index in [-0.39, 0.29) is 0 Å². The van der Waals surface area contributed by atoms with Gasteiger partial charge in [0.2, 0.25) is 5.91 Å². The Morgan fingerprint density at radius 2 is 1.69 bits per heavy atom. The molecule has 0 radical (unpaired) electrons. The van der Waals surface area contributed by atoms with Gasteiger partial charge in [0, 0.05) is 41.0 Å². The molecule has 0 saturated carbocycles. The number of aryl methyl sites for hydroxylation is 1. The van der Waals surface area contributed by atoms with E-state index in [0.29, 0.717) is 17.1 Å². The Bertz CT molecular complexity index is 1160. The Morgan fingerprint density at radius 1 is 0.897 bits per heavy atom. The molecule has 2 heterocycles. The zero-order valence-corrected chi connectivity index (χ0v) is 16.7. The molecule has 2 aromatic heterocycles. The van der Waals surface area contributed by atoms with Crippen molar-refractivity contribution in [3.8, 4) is 22.8 Å². The predicted octanol–water partition coefficient (Wildman–Crippen LogP) is 5.52. The first kappa shape index (κ1) is 20.0. The average Bonchev–Trinajstić information content (AvgIpc) is 2.75. The Labute approximate surface area is 170 Å². The van der Waals surface area contributed by atoms with Gasteiger partial charge in [-0.2, -0.15) is 0 Å². The number of hydrogen-bond donors (Lipinski definition) is 1. The number of carbonyl (C=O) groups is 1. The summed E-state index contributed by atoms with van der Waals surface area (Å²) in [6.45, 7) is 5.85. The first-order chi connectivity index (χ1) is 14.1. The average molecular weight is 385 g/mol. The third kappa shape index (κ3) is 4.58. The zero-order valence-electron chi connectivity index (χ0n) is 16.7. The van der Waals surface area contributed by atoms with Crippen molar-refractivity contribution in [1.82, 2.24) is 9.97 Å². The molecule has 2 N–H and O–H groups in total. The maximum absolute atomic E-state index is 11.4. The first-order valence-electron chi connectivity index (χ1n) is 9.50. The van der Waals surface area contributed by atoms with Crippen molar-refractivity contribution in [2.75, 3.05) is 0 Å². The van der Waals surface area contributed by atoms with Gasteiger partial charge in [-0.15, -0.1) is 0 Å². The maximum Gasteiger partial charge on any atom is 0.248 e. The highest BCUT2D eigenvalue weighted by Gasteiger charge is 2.08. The predicted molar refractivity (Wildman–Crippen MR) is 116 cm³/mol. The lowest BCUT2D eigenvalue weighted by Gasteiger charge is -2.09. The van der Waals surface area contributed by atoms with Crippen LogP contribution in [0.3, 0.4) is 0 Å². The van der Waals surface area contributed by atoms with Gasteiger partial charge in [0.05, 0.1) is 11.2 Å². The van der Waals surface area contributed by atoms with E-state index in [2.05, 4.69) is 9.97 Å². The summed E-state index contributed by atoms with van der Waals surface area (Å²) in [4.78, 5) is 20.2. The van der Waals surface area contributed by atoms with Crippen molar-refractivity contribution in [3.05, 3.63) is 84.2 Å². The molecule has 0 unspecified atom stereocenters. The number of pyridine rings is 2. The largest absolute Gasteiger partial charge is 0.457 e. The lowest BCUT2D eigenvalue weighted by atomic mass is 10.0. The maximum atomic E-state index is 11.4. The van der Waals surface area contributed by atoms with Gasteiger partial charge < -0.3 is 10.5 Å². The fraction of sp³-hybridized carbons (Fsp3) is 0.125. The SMILES string of the molecule is CC.Cc1cc(-c2cc(Oc3ccc4cccnc4c3)ccn2)ccc1C(N)=O. The van der Waals surface area contributed by atoms with E-state index in [9.17, 15) is 4.79 Å². The van der Waals surface area contributed by atoms with E-state index in [1.807, 2.05) is 69.3 Å². The molecule has 4 rings (SSSR count). The fourth-order valence-corrected chi connectivity index (χ4v) is 2.98. The van der Waals surface area contributed by atoms with Gasteiger partial charge >= 0.3 is 0 Å². The summed E-state index contributed by atoms with van der Waals surface area (Å²) >= 11 is 0. The number of rotatable bonds is 4. The molecule has 0 saturated heterocycles. The Balaban J connectivity index is 0.00000117. The van der Waals surface area contributed by atoms with Gasteiger partial charge in [-0.05, 0) is 48.9 Å². The summed E-state index contributed by atoms with van der Waals surface area (Å²) in [6, 6.07) is 18.8. The summed E-state index contributed by atoms with van der Waals surface area (Å²) in [5, 5.41) is 1.06. The van der Waals surface area contributed by atoms with E-state index in [4.69, 9.17) is 10.5 Å². The van der Waals surface area contributed by atoms with Crippen molar-refractivity contribution >= 4 is 16.8 Å². The highest BCUT2D eigenvalue weighted by atomic mass is 16.5. The van der Waals surface area contributed by atoms with Gasteiger partial charge in [0.15, 0.2) is 0 Å². The molecule has 1 amide bonds. The Morgan fingerprint density at radius 3 is 2.45 bits per heavy atom. The van der Waals surface area contributed by atoms with Crippen LogP contribution in [0.2, 0.25) is 0 Å². The standard InChI is InChI=1S/C22H17N3O2.C2H6/c1-14-11-16(5-7-19(14)22(23)26)21-13-18(8-10-25-21)27-17-6-4-15-3-2-9-24-20(15)12-17;1-2/h2-13H,1H3,(H2,23,26);1-2H3. The third-order valence-electron chi connectivity index (χ3n) is 4.33. The lowest BCUT2D eigenvalue weighted by Crippen LogP contribution is -2.12. The van der Waals surface area contributed by atoms with Crippen molar-refractivity contribution in [2.24, 2.45) is 5.73 Å². The van der Waals surface area contributed by atoms with Crippen molar-refractivity contribution < 1.29 is 9.53 Å². The Hall–Kier alpha value is -3.73. The number of aromatic nitrogens is 2. The minimum atomic E-state index is -0.436.